The van der Waals surface area contributed by atoms with Gasteiger partial charge in [-0.25, -0.2) is 0 Å². The van der Waals surface area contributed by atoms with Crippen LogP contribution in [-0.4, -0.2) is 0 Å². The average molecular weight is 184 g/mol. The summed E-state index contributed by atoms with van der Waals surface area (Å²) >= 11 is 0. The molecule has 0 radical (unpaired) electrons. The van der Waals surface area contributed by atoms with Gasteiger partial charge >= 0.3 is 0 Å². The van der Waals surface area contributed by atoms with Crippen LogP contribution < -0.4 is 0 Å². The topological polar surface area (TPSA) is 0 Å². The molecule has 72 valence electrons. The fourth-order valence-electron chi connectivity index (χ4n) is 1.36. The summed E-state index contributed by atoms with van der Waals surface area (Å²) in [7, 11) is 0. The number of allylic oxidation sites excluding steroid dienone is 5. The Morgan fingerprint density at radius 3 is 2.29 bits per heavy atom. The molecular formula is C14H16. The molecule has 0 fully saturated rings. The first-order valence-electron chi connectivity index (χ1n) is 4.83. The van der Waals surface area contributed by atoms with Crippen LogP contribution in [-0.2, 0) is 0 Å². The SMILES string of the molecule is C=C(C(/C=C\C)=C/C)c1ccccc1. The molecule has 1 aromatic rings. The molecule has 0 saturated carbocycles. The molecule has 0 saturated heterocycles. The van der Waals surface area contributed by atoms with Crippen molar-refractivity contribution in [2.24, 2.45) is 0 Å². The third-order valence-corrected chi connectivity index (χ3v) is 2.13. The van der Waals surface area contributed by atoms with Gasteiger partial charge in [0.25, 0.3) is 0 Å². The Kier molecular flexibility index (Phi) is 3.93. The lowest BCUT2D eigenvalue weighted by Crippen LogP contribution is -1.84. The molecular weight excluding hydrogens is 168 g/mol. The van der Waals surface area contributed by atoms with E-state index in [4.69, 9.17) is 0 Å². The molecule has 0 bridgehead atoms. The molecule has 0 nitrogen and oxygen atoms in total. The van der Waals surface area contributed by atoms with E-state index >= 15 is 0 Å². The second-order valence-corrected chi connectivity index (χ2v) is 3.09. The summed E-state index contributed by atoms with van der Waals surface area (Å²) in [5, 5.41) is 0. The fraction of sp³-hybridized carbons (Fsp3) is 0.143. The van der Waals surface area contributed by atoms with Crippen molar-refractivity contribution in [3.63, 3.8) is 0 Å². The highest BCUT2D eigenvalue weighted by molar-refractivity contribution is 5.79. The zero-order valence-corrected chi connectivity index (χ0v) is 8.83. The van der Waals surface area contributed by atoms with Crippen LogP contribution in [0.4, 0.5) is 0 Å². The number of hydrogen-bond donors (Lipinski definition) is 0. The molecule has 0 amide bonds. The molecule has 14 heavy (non-hydrogen) atoms. The lowest BCUT2D eigenvalue weighted by atomic mass is 9.99. The van der Waals surface area contributed by atoms with Gasteiger partial charge in [0.15, 0.2) is 0 Å². The van der Waals surface area contributed by atoms with Gasteiger partial charge in [0.05, 0.1) is 0 Å². The van der Waals surface area contributed by atoms with E-state index in [9.17, 15) is 0 Å². The number of hydrogen-bond acceptors (Lipinski definition) is 0. The Hall–Kier alpha value is -1.56. The second kappa shape index (κ2) is 5.23. The summed E-state index contributed by atoms with van der Waals surface area (Å²) in [6, 6.07) is 10.2. The predicted octanol–water partition coefficient (Wildman–Crippen LogP) is 4.22. The zero-order valence-electron chi connectivity index (χ0n) is 8.83. The predicted molar refractivity (Wildman–Crippen MR) is 64.0 cm³/mol. The van der Waals surface area contributed by atoms with Gasteiger partial charge in [-0.15, -0.1) is 0 Å². The third-order valence-electron chi connectivity index (χ3n) is 2.13. The van der Waals surface area contributed by atoms with E-state index in [1.165, 1.54) is 11.1 Å². The summed E-state index contributed by atoms with van der Waals surface area (Å²) in [5.74, 6) is 0. The van der Waals surface area contributed by atoms with Crippen LogP contribution >= 0.6 is 0 Å². The molecule has 0 unspecified atom stereocenters. The number of rotatable bonds is 3. The van der Waals surface area contributed by atoms with Crippen LogP contribution in [0.2, 0.25) is 0 Å². The molecule has 0 aliphatic carbocycles. The van der Waals surface area contributed by atoms with E-state index in [-0.39, 0.29) is 0 Å². The van der Waals surface area contributed by atoms with Gasteiger partial charge in [-0.2, -0.15) is 0 Å². The summed E-state index contributed by atoms with van der Waals surface area (Å²) < 4.78 is 0. The summed E-state index contributed by atoms with van der Waals surface area (Å²) in [6.45, 7) is 8.14. The minimum absolute atomic E-state index is 1.08. The quantitative estimate of drug-likeness (QED) is 0.617. The summed E-state index contributed by atoms with van der Waals surface area (Å²) in [6.07, 6.45) is 6.19. The Bertz CT molecular complexity index is 353. The summed E-state index contributed by atoms with van der Waals surface area (Å²) in [5.41, 5.74) is 3.43. The van der Waals surface area contributed by atoms with Gasteiger partial charge in [0.1, 0.15) is 0 Å². The smallest absolute Gasteiger partial charge is 0.0184 e. The third kappa shape index (κ3) is 2.46. The standard InChI is InChI=1S/C14H16/c1-4-9-13(5-2)12(3)14-10-7-6-8-11-14/h4-11H,3H2,1-2H3/b9-4-,13-5+. The van der Waals surface area contributed by atoms with Gasteiger partial charge in [-0.3, -0.25) is 0 Å². The first-order valence-corrected chi connectivity index (χ1v) is 4.83. The Morgan fingerprint density at radius 1 is 1.14 bits per heavy atom. The van der Waals surface area contributed by atoms with Gasteiger partial charge in [-0.1, -0.05) is 55.1 Å². The lowest BCUT2D eigenvalue weighted by Gasteiger charge is -2.06. The Balaban J connectivity index is 2.96. The van der Waals surface area contributed by atoms with Crippen LogP contribution in [0.5, 0.6) is 0 Å². The maximum absolute atomic E-state index is 4.10. The molecule has 1 aromatic carbocycles. The fourth-order valence-corrected chi connectivity index (χ4v) is 1.36. The summed E-state index contributed by atoms with van der Waals surface area (Å²) in [4.78, 5) is 0. The Labute approximate surface area is 86.3 Å². The molecule has 1 rings (SSSR count). The number of benzene rings is 1. The highest BCUT2D eigenvalue weighted by atomic mass is 14.0. The van der Waals surface area contributed by atoms with Crippen LogP contribution in [0.25, 0.3) is 5.57 Å². The first-order chi connectivity index (χ1) is 6.79. The van der Waals surface area contributed by atoms with Crippen LogP contribution in [0.15, 0.2) is 60.7 Å². The van der Waals surface area contributed by atoms with Crippen LogP contribution in [0.3, 0.4) is 0 Å². The largest absolute Gasteiger partial charge is 0.0906 e. The zero-order chi connectivity index (χ0) is 10.4. The van der Waals surface area contributed by atoms with Gasteiger partial charge < -0.3 is 0 Å². The average Bonchev–Trinajstić information content (AvgIpc) is 2.26. The lowest BCUT2D eigenvalue weighted by molar-refractivity contribution is 1.54. The van der Waals surface area contributed by atoms with E-state index in [0.29, 0.717) is 0 Å². The van der Waals surface area contributed by atoms with Crippen molar-refractivity contribution >= 4 is 5.57 Å². The van der Waals surface area contributed by atoms with Crippen molar-refractivity contribution in [2.45, 2.75) is 13.8 Å². The molecule has 0 heteroatoms. The second-order valence-electron chi connectivity index (χ2n) is 3.09. The van der Waals surface area contributed by atoms with E-state index in [1.54, 1.807) is 0 Å². The maximum atomic E-state index is 4.10. The van der Waals surface area contributed by atoms with Gasteiger partial charge in [-0.05, 0) is 30.6 Å². The van der Waals surface area contributed by atoms with Crippen molar-refractivity contribution in [3.8, 4) is 0 Å². The van der Waals surface area contributed by atoms with Crippen LogP contribution in [0.1, 0.15) is 19.4 Å². The van der Waals surface area contributed by atoms with E-state index in [2.05, 4.69) is 30.9 Å². The molecule has 0 atom stereocenters. The minimum Gasteiger partial charge on any atom is -0.0906 e. The molecule has 0 spiro atoms. The van der Waals surface area contributed by atoms with Crippen molar-refractivity contribution in [1.29, 1.82) is 0 Å². The maximum Gasteiger partial charge on any atom is -0.0184 e. The highest BCUT2D eigenvalue weighted by Crippen LogP contribution is 2.21. The van der Waals surface area contributed by atoms with E-state index in [0.717, 1.165) is 5.57 Å². The van der Waals surface area contributed by atoms with Gasteiger partial charge in [0, 0.05) is 0 Å². The normalized spacial score (nSPS) is 12.0. The molecule has 0 aromatic heterocycles. The minimum atomic E-state index is 1.08. The van der Waals surface area contributed by atoms with Crippen molar-refractivity contribution in [1.82, 2.24) is 0 Å². The monoisotopic (exact) mass is 184 g/mol. The van der Waals surface area contributed by atoms with Crippen molar-refractivity contribution in [3.05, 3.63) is 66.3 Å². The molecule has 0 aliphatic heterocycles. The Morgan fingerprint density at radius 2 is 1.79 bits per heavy atom. The molecule has 0 N–H and O–H groups in total. The van der Waals surface area contributed by atoms with E-state index < -0.39 is 0 Å². The van der Waals surface area contributed by atoms with Crippen molar-refractivity contribution < 1.29 is 0 Å². The van der Waals surface area contributed by atoms with E-state index in [1.807, 2.05) is 38.1 Å². The molecule has 0 heterocycles. The first kappa shape index (κ1) is 10.5. The van der Waals surface area contributed by atoms with Crippen molar-refractivity contribution in [2.75, 3.05) is 0 Å². The van der Waals surface area contributed by atoms with Crippen LogP contribution in [0, 0.1) is 0 Å². The van der Waals surface area contributed by atoms with Gasteiger partial charge in [0.2, 0.25) is 0 Å². The molecule has 0 aliphatic rings. The highest BCUT2D eigenvalue weighted by Gasteiger charge is 1.99.